The number of allylic oxidation sites excluding steroid dienone is 2. The second kappa shape index (κ2) is 11.5. The minimum atomic E-state index is -0.593. The van der Waals surface area contributed by atoms with Crippen molar-refractivity contribution in [2.75, 3.05) is 18.0 Å². The molecule has 11 nitrogen and oxygen atoms in total. The molecule has 0 bridgehead atoms. The first-order valence-corrected chi connectivity index (χ1v) is 14.3. The number of benzene rings is 1. The number of carbonyl (C=O) groups is 1. The van der Waals surface area contributed by atoms with Crippen molar-refractivity contribution in [3.8, 4) is 0 Å². The minimum Gasteiger partial charge on any atom is -0.444 e. The molecule has 11 heteroatoms. The van der Waals surface area contributed by atoms with E-state index in [2.05, 4.69) is 15.2 Å². The molecule has 1 unspecified atom stereocenters. The molecule has 4 aromatic rings. The van der Waals surface area contributed by atoms with Gasteiger partial charge in [-0.05, 0) is 65.2 Å². The summed E-state index contributed by atoms with van der Waals surface area (Å²) < 4.78 is 10.1. The Labute approximate surface area is 244 Å². The van der Waals surface area contributed by atoms with E-state index in [4.69, 9.17) is 9.72 Å². The van der Waals surface area contributed by atoms with Gasteiger partial charge in [-0.15, -0.1) is 0 Å². The molecular weight excluding hydrogens is 534 g/mol. The van der Waals surface area contributed by atoms with Gasteiger partial charge >= 0.3 is 11.8 Å². The molecular formula is C31H39N7O4. The molecule has 5 rings (SSSR count). The van der Waals surface area contributed by atoms with E-state index in [9.17, 15) is 14.4 Å². The van der Waals surface area contributed by atoms with Gasteiger partial charge in [-0.25, -0.2) is 9.59 Å². The molecule has 1 aliphatic heterocycles. The number of para-hydroxylation sites is 1. The Morgan fingerprint density at radius 3 is 2.64 bits per heavy atom. The van der Waals surface area contributed by atoms with Crippen LogP contribution in [0.5, 0.6) is 0 Å². The lowest BCUT2D eigenvalue weighted by molar-refractivity contribution is 0.0499. The van der Waals surface area contributed by atoms with Crippen LogP contribution in [0.4, 0.5) is 10.7 Å². The Morgan fingerprint density at radius 1 is 1.14 bits per heavy atom. The van der Waals surface area contributed by atoms with Crippen LogP contribution in [0, 0.1) is 0 Å². The van der Waals surface area contributed by atoms with Crippen molar-refractivity contribution < 1.29 is 9.53 Å². The van der Waals surface area contributed by atoms with Crippen molar-refractivity contribution in [3.05, 3.63) is 74.6 Å². The third-order valence-electron chi connectivity index (χ3n) is 7.39. The summed E-state index contributed by atoms with van der Waals surface area (Å²) in [5.74, 6) is 0.595. The molecule has 0 radical (unpaired) electrons. The van der Waals surface area contributed by atoms with Gasteiger partial charge in [-0.2, -0.15) is 4.98 Å². The summed E-state index contributed by atoms with van der Waals surface area (Å²) in [6.45, 7) is 11.2. The number of piperidine rings is 1. The lowest BCUT2D eigenvalue weighted by Crippen LogP contribution is -2.49. The molecule has 1 aliphatic rings. The van der Waals surface area contributed by atoms with Crippen molar-refractivity contribution in [3.63, 3.8) is 0 Å². The van der Waals surface area contributed by atoms with Crippen LogP contribution in [0.3, 0.4) is 0 Å². The number of rotatable bonds is 6. The Morgan fingerprint density at radius 2 is 1.90 bits per heavy atom. The number of hydrogen-bond acceptors (Lipinski definition) is 7. The molecule has 1 amide bonds. The van der Waals surface area contributed by atoms with Gasteiger partial charge in [0.25, 0.3) is 5.56 Å². The Bertz CT molecular complexity index is 1780. The molecule has 42 heavy (non-hydrogen) atoms. The number of nitrogens with zero attached hydrogens (tertiary/aromatic N) is 6. The summed E-state index contributed by atoms with van der Waals surface area (Å²) in [5, 5.41) is 3.88. The molecule has 222 valence electrons. The van der Waals surface area contributed by atoms with Gasteiger partial charge < -0.3 is 19.5 Å². The Kier molecular flexibility index (Phi) is 7.94. The third-order valence-corrected chi connectivity index (χ3v) is 7.39. The molecule has 4 heterocycles. The Hall–Kier alpha value is -4.41. The number of alkyl carbamates (subject to hydrolysis) is 1. The molecule has 1 aromatic carbocycles. The van der Waals surface area contributed by atoms with E-state index >= 15 is 0 Å². The maximum Gasteiger partial charge on any atom is 0.407 e. The zero-order valence-corrected chi connectivity index (χ0v) is 25.2. The quantitative estimate of drug-likeness (QED) is 0.347. The van der Waals surface area contributed by atoms with Crippen LogP contribution in [0.15, 0.2) is 57.8 Å². The number of aromatic nitrogens is 5. The summed E-state index contributed by atoms with van der Waals surface area (Å²) in [5.41, 5.74) is 2.01. The molecule has 0 saturated carbocycles. The molecule has 3 aromatic heterocycles. The van der Waals surface area contributed by atoms with Crippen LogP contribution < -0.4 is 21.5 Å². The number of aryl methyl sites for hydroxylation is 1. The molecule has 0 spiro atoms. The molecule has 0 aliphatic carbocycles. The summed E-state index contributed by atoms with van der Waals surface area (Å²) >= 11 is 0. The smallest absolute Gasteiger partial charge is 0.407 e. The van der Waals surface area contributed by atoms with Crippen LogP contribution in [-0.4, -0.2) is 54.5 Å². The standard InChI is InChI=1S/C31H39N7O4/c1-20(2)14-17-37-25-26(34-28(37)36-16-9-10-22(19-36)33-29(40)42-31(3,4)5)35(6)30(41)38(27(25)39)18-21-13-15-32-24-12-8-7-11-23(21)24/h7-8,11-15,22H,9-10,16-19H2,1-6H3,(H,33,40). The Balaban J connectivity index is 1.58. The van der Waals surface area contributed by atoms with E-state index in [1.54, 1.807) is 13.2 Å². The van der Waals surface area contributed by atoms with Gasteiger partial charge in [-0.1, -0.05) is 29.8 Å². The first-order chi connectivity index (χ1) is 19.9. The normalized spacial score (nSPS) is 15.7. The lowest BCUT2D eigenvalue weighted by atomic mass is 10.1. The van der Waals surface area contributed by atoms with Gasteiger partial charge in [0.05, 0.1) is 12.1 Å². The van der Waals surface area contributed by atoms with Gasteiger partial charge in [-0.3, -0.25) is 18.9 Å². The highest BCUT2D eigenvalue weighted by Crippen LogP contribution is 2.24. The van der Waals surface area contributed by atoms with E-state index in [-0.39, 0.29) is 12.6 Å². The predicted octanol–water partition coefficient (Wildman–Crippen LogP) is 3.95. The number of fused-ring (bicyclic) bond motifs is 2. The van der Waals surface area contributed by atoms with E-state index in [1.807, 2.05) is 75.6 Å². The number of anilines is 1. The summed E-state index contributed by atoms with van der Waals surface area (Å²) in [7, 11) is 1.65. The summed E-state index contributed by atoms with van der Waals surface area (Å²) in [6, 6.07) is 9.38. The number of amides is 1. The van der Waals surface area contributed by atoms with Crippen LogP contribution in [0.25, 0.3) is 22.1 Å². The topological polar surface area (TPSA) is 116 Å². The SMILES string of the molecule is CC(C)=CCn1c(N2CCCC(NC(=O)OC(C)(C)C)C2)nc2c1c(=O)n(Cc1ccnc3ccccc13)c(=O)n2C. The fourth-order valence-electron chi connectivity index (χ4n) is 5.40. The number of ether oxygens (including phenoxy) is 1. The number of imidazole rings is 1. The molecule has 1 atom stereocenters. The predicted molar refractivity (Wildman–Crippen MR) is 164 cm³/mol. The number of carbonyl (C=O) groups excluding carboxylic acids is 1. The van der Waals surface area contributed by atoms with Crippen LogP contribution in [-0.2, 0) is 24.9 Å². The minimum absolute atomic E-state index is 0.110. The average Bonchev–Trinajstić information content (AvgIpc) is 3.32. The van der Waals surface area contributed by atoms with Gasteiger partial charge in [0, 0.05) is 44.3 Å². The third kappa shape index (κ3) is 5.95. The highest BCUT2D eigenvalue weighted by Gasteiger charge is 2.29. The van der Waals surface area contributed by atoms with Crippen LogP contribution in [0.1, 0.15) is 53.0 Å². The molecule has 1 saturated heterocycles. The van der Waals surface area contributed by atoms with Crippen molar-refractivity contribution in [2.45, 2.75) is 72.2 Å². The van der Waals surface area contributed by atoms with E-state index in [0.717, 1.165) is 34.9 Å². The van der Waals surface area contributed by atoms with Crippen LogP contribution in [0.2, 0.25) is 0 Å². The average molecular weight is 574 g/mol. The first kappa shape index (κ1) is 29.1. The summed E-state index contributed by atoms with van der Waals surface area (Å²) in [4.78, 5) is 51.5. The lowest BCUT2D eigenvalue weighted by Gasteiger charge is -2.34. The zero-order chi connectivity index (χ0) is 30.2. The largest absolute Gasteiger partial charge is 0.444 e. The first-order valence-electron chi connectivity index (χ1n) is 14.3. The fraction of sp³-hybridized carbons (Fsp3) is 0.452. The van der Waals surface area contributed by atoms with Crippen molar-refractivity contribution in [1.29, 1.82) is 0 Å². The van der Waals surface area contributed by atoms with Crippen molar-refractivity contribution >= 4 is 34.1 Å². The van der Waals surface area contributed by atoms with Crippen LogP contribution >= 0.6 is 0 Å². The van der Waals surface area contributed by atoms with Gasteiger partial charge in [0.1, 0.15) is 5.60 Å². The van der Waals surface area contributed by atoms with E-state index < -0.39 is 22.9 Å². The van der Waals surface area contributed by atoms with Crippen molar-refractivity contribution in [1.82, 2.24) is 29.0 Å². The monoisotopic (exact) mass is 573 g/mol. The second-order valence-electron chi connectivity index (χ2n) is 12.1. The van der Waals surface area contributed by atoms with Crippen molar-refractivity contribution in [2.24, 2.45) is 7.05 Å². The fourth-order valence-corrected chi connectivity index (χ4v) is 5.40. The molecule has 1 fully saturated rings. The van der Waals surface area contributed by atoms with E-state index in [0.29, 0.717) is 36.7 Å². The van der Waals surface area contributed by atoms with Gasteiger partial charge in [0.15, 0.2) is 11.2 Å². The maximum atomic E-state index is 14.1. The summed E-state index contributed by atoms with van der Waals surface area (Å²) in [6.07, 6.45) is 4.90. The second-order valence-corrected chi connectivity index (χ2v) is 12.1. The number of pyridine rings is 1. The van der Waals surface area contributed by atoms with E-state index in [1.165, 1.54) is 9.13 Å². The van der Waals surface area contributed by atoms with Gasteiger partial charge in [0.2, 0.25) is 5.95 Å². The highest BCUT2D eigenvalue weighted by atomic mass is 16.6. The molecule has 1 N–H and O–H groups in total. The zero-order valence-electron chi connectivity index (χ0n) is 25.2. The maximum absolute atomic E-state index is 14.1. The highest BCUT2D eigenvalue weighted by molar-refractivity contribution is 5.82. The number of hydrogen-bond donors (Lipinski definition) is 1. The number of nitrogens with one attached hydrogen (secondary N) is 1.